The highest BCUT2D eigenvalue weighted by atomic mass is 16.1. The van der Waals surface area contributed by atoms with Gasteiger partial charge in [-0.05, 0) is 12.8 Å². The minimum atomic E-state index is 0.103. The molecule has 0 aromatic rings. The van der Waals surface area contributed by atoms with Crippen molar-refractivity contribution in [1.82, 2.24) is 5.32 Å². The topological polar surface area (TPSA) is 55.1 Å². The standard InChI is InChI=1S/C10H22N2O/c1-4-6-9(7-11)12-10(13)8(3)5-2/h8-9H,4-7,11H2,1-3H3,(H,12,13). The molecule has 0 fully saturated rings. The Bertz CT molecular complexity index is 148. The van der Waals surface area contributed by atoms with Gasteiger partial charge in [-0.3, -0.25) is 4.79 Å². The van der Waals surface area contributed by atoms with Crippen molar-refractivity contribution in [2.24, 2.45) is 11.7 Å². The Morgan fingerprint density at radius 3 is 2.46 bits per heavy atom. The van der Waals surface area contributed by atoms with Crippen molar-refractivity contribution < 1.29 is 4.79 Å². The van der Waals surface area contributed by atoms with E-state index in [0.717, 1.165) is 19.3 Å². The molecule has 78 valence electrons. The zero-order valence-electron chi connectivity index (χ0n) is 8.97. The van der Waals surface area contributed by atoms with E-state index in [1.807, 2.05) is 13.8 Å². The third-order valence-electron chi connectivity index (χ3n) is 2.33. The molecule has 2 unspecified atom stereocenters. The van der Waals surface area contributed by atoms with Crippen molar-refractivity contribution in [2.75, 3.05) is 6.54 Å². The summed E-state index contributed by atoms with van der Waals surface area (Å²) >= 11 is 0. The summed E-state index contributed by atoms with van der Waals surface area (Å²) in [5, 5.41) is 2.95. The molecule has 0 aromatic carbocycles. The molecule has 0 bridgehead atoms. The summed E-state index contributed by atoms with van der Waals surface area (Å²) in [4.78, 5) is 11.5. The summed E-state index contributed by atoms with van der Waals surface area (Å²) in [7, 11) is 0. The average Bonchev–Trinajstić information content (AvgIpc) is 2.15. The SMILES string of the molecule is CCCC(CN)NC(=O)C(C)CC. The van der Waals surface area contributed by atoms with Gasteiger partial charge < -0.3 is 11.1 Å². The van der Waals surface area contributed by atoms with Crippen LogP contribution in [0.15, 0.2) is 0 Å². The van der Waals surface area contributed by atoms with E-state index in [-0.39, 0.29) is 17.9 Å². The van der Waals surface area contributed by atoms with E-state index >= 15 is 0 Å². The van der Waals surface area contributed by atoms with E-state index in [4.69, 9.17) is 5.73 Å². The number of hydrogen-bond acceptors (Lipinski definition) is 2. The lowest BCUT2D eigenvalue weighted by Gasteiger charge is -2.18. The van der Waals surface area contributed by atoms with Gasteiger partial charge in [0.2, 0.25) is 5.91 Å². The Kier molecular flexibility index (Phi) is 6.59. The van der Waals surface area contributed by atoms with Crippen molar-refractivity contribution in [1.29, 1.82) is 0 Å². The summed E-state index contributed by atoms with van der Waals surface area (Å²) in [6.45, 7) is 6.59. The molecular weight excluding hydrogens is 164 g/mol. The summed E-state index contributed by atoms with van der Waals surface area (Å²) in [6.07, 6.45) is 2.91. The van der Waals surface area contributed by atoms with Gasteiger partial charge in [-0.2, -0.15) is 0 Å². The van der Waals surface area contributed by atoms with Gasteiger partial charge in [0.05, 0.1) is 0 Å². The number of hydrogen-bond donors (Lipinski definition) is 2. The molecule has 0 saturated heterocycles. The molecule has 0 aliphatic heterocycles. The third-order valence-corrected chi connectivity index (χ3v) is 2.33. The Balaban J connectivity index is 3.85. The van der Waals surface area contributed by atoms with Crippen LogP contribution in [0.4, 0.5) is 0 Å². The highest BCUT2D eigenvalue weighted by Crippen LogP contribution is 2.02. The zero-order chi connectivity index (χ0) is 10.3. The van der Waals surface area contributed by atoms with Gasteiger partial charge in [-0.25, -0.2) is 0 Å². The van der Waals surface area contributed by atoms with Gasteiger partial charge in [0.25, 0.3) is 0 Å². The lowest BCUT2D eigenvalue weighted by Crippen LogP contribution is -2.42. The van der Waals surface area contributed by atoms with E-state index in [9.17, 15) is 4.79 Å². The summed E-state index contributed by atoms with van der Waals surface area (Å²) in [5.41, 5.74) is 5.53. The van der Waals surface area contributed by atoms with Crippen LogP contribution in [-0.4, -0.2) is 18.5 Å². The summed E-state index contributed by atoms with van der Waals surface area (Å²) in [5.74, 6) is 0.234. The van der Waals surface area contributed by atoms with E-state index in [2.05, 4.69) is 12.2 Å². The zero-order valence-corrected chi connectivity index (χ0v) is 8.97. The number of carbonyl (C=O) groups is 1. The van der Waals surface area contributed by atoms with E-state index in [0.29, 0.717) is 6.54 Å². The maximum absolute atomic E-state index is 11.5. The predicted molar refractivity (Wildman–Crippen MR) is 55.3 cm³/mol. The van der Waals surface area contributed by atoms with Crippen LogP contribution in [0.5, 0.6) is 0 Å². The molecule has 3 N–H and O–H groups in total. The first-order valence-corrected chi connectivity index (χ1v) is 5.16. The maximum atomic E-state index is 11.5. The van der Waals surface area contributed by atoms with Gasteiger partial charge in [0.15, 0.2) is 0 Å². The molecule has 3 nitrogen and oxygen atoms in total. The molecule has 0 radical (unpaired) electrons. The van der Waals surface area contributed by atoms with Crippen molar-refractivity contribution >= 4 is 5.91 Å². The molecule has 0 aromatic heterocycles. The number of amides is 1. The fourth-order valence-electron chi connectivity index (χ4n) is 1.13. The highest BCUT2D eigenvalue weighted by molar-refractivity contribution is 5.78. The summed E-state index contributed by atoms with van der Waals surface area (Å²) < 4.78 is 0. The van der Waals surface area contributed by atoms with Gasteiger partial charge in [-0.15, -0.1) is 0 Å². The Morgan fingerprint density at radius 2 is 2.08 bits per heavy atom. The van der Waals surface area contributed by atoms with Crippen molar-refractivity contribution in [3.8, 4) is 0 Å². The van der Waals surface area contributed by atoms with E-state index in [1.165, 1.54) is 0 Å². The average molecular weight is 186 g/mol. The minimum Gasteiger partial charge on any atom is -0.352 e. The minimum absolute atomic E-state index is 0.103. The predicted octanol–water partition coefficient (Wildman–Crippen LogP) is 1.28. The first kappa shape index (κ1) is 12.4. The van der Waals surface area contributed by atoms with Crippen LogP contribution in [-0.2, 0) is 4.79 Å². The smallest absolute Gasteiger partial charge is 0.223 e. The molecule has 0 heterocycles. The van der Waals surface area contributed by atoms with Gasteiger partial charge in [0.1, 0.15) is 0 Å². The van der Waals surface area contributed by atoms with Crippen LogP contribution >= 0.6 is 0 Å². The number of carbonyl (C=O) groups excluding carboxylic acids is 1. The normalized spacial score (nSPS) is 15.1. The molecule has 0 aliphatic rings. The van der Waals surface area contributed by atoms with Crippen LogP contribution in [0.1, 0.15) is 40.0 Å². The summed E-state index contributed by atoms with van der Waals surface area (Å²) in [6, 6.07) is 0.159. The van der Waals surface area contributed by atoms with Gasteiger partial charge >= 0.3 is 0 Å². The number of rotatable bonds is 6. The van der Waals surface area contributed by atoms with Crippen LogP contribution in [0, 0.1) is 5.92 Å². The lowest BCUT2D eigenvalue weighted by atomic mass is 10.1. The molecule has 0 aliphatic carbocycles. The van der Waals surface area contributed by atoms with Crippen LogP contribution in [0.25, 0.3) is 0 Å². The van der Waals surface area contributed by atoms with Crippen molar-refractivity contribution in [2.45, 2.75) is 46.1 Å². The second kappa shape index (κ2) is 6.89. The second-order valence-electron chi connectivity index (χ2n) is 3.54. The van der Waals surface area contributed by atoms with Crippen LogP contribution < -0.4 is 11.1 Å². The largest absolute Gasteiger partial charge is 0.352 e. The second-order valence-corrected chi connectivity index (χ2v) is 3.54. The molecule has 1 amide bonds. The first-order valence-electron chi connectivity index (χ1n) is 5.16. The fourth-order valence-corrected chi connectivity index (χ4v) is 1.13. The third kappa shape index (κ3) is 4.88. The molecule has 13 heavy (non-hydrogen) atoms. The Morgan fingerprint density at radius 1 is 1.46 bits per heavy atom. The molecule has 0 saturated carbocycles. The van der Waals surface area contributed by atoms with Gasteiger partial charge in [0, 0.05) is 18.5 Å². The lowest BCUT2D eigenvalue weighted by molar-refractivity contribution is -0.125. The molecule has 0 spiro atoms. The Hall–Kier alpha value is -0.570. The Labute approximate surface area is 81.1 Å². The molecular formula is C10H22N2O. The fraction of sp³-hybridized carbons (Fsp3) is 0.900. The number of nitrogens with two attached hydrogens (primary N) is 1. The van der Waals surface area contributed by atoms with E-state index < -0.39 is 0 Å². The quantitative estimate of drug-likeness (QED) is 0.656. The molecule has 2 atom stereocenters. The monoisotopic (exact) mass is 186 g/mol. The number of nitrogens with one attached hydrogen (secondary N) is 1. The van der Waals surface area contributed by atoms with Crippen molar-refractivity contribution in [3.63, 3.8) is 0 Å². The highest BCUT2D eigenvalue weighted by Gasteiger charge is 2.14. The van der Waals surface area contributed by atoms with E-state index in [1.54, 1.807) is 0 Å². The van der Waals surface area contributed by atoms with Crippen LogP contribution in [0.2, 0.25) is 0 Å². The maximum Gasteiger partial charge on any atom is 0.223 e. The first-order chi connectivity index (χ1) is 6.15. The van der Waals surface area contributed by atoms with Crippen LogP contribution in [0.3, 0.4) is 0 Å². The van der Waals surface area contributed by atoms with Crippen molar-refractivity contribution in [3.05, 3.63) is 0 Å². The van der Waals surface area contributed by atoms with Gasteiger partial charge in [-0.1, -0.05) is 27.2 Å². The molecule has 0 rings (SSSR count). The molecule has 3 heteroatoms.